The molecule has 20 heavy (non-hydrogen) atoms. The van der Waals surface area contributed by atoms with E-state index in [9.17, 15) is 4.79 Å². The standard InChI is InChI=1S/C15H15BrN2O2/c1-10-4-3-7-17-13(10)9-18-15(19)11-5-6-14(20-2)12(16)8-11/h3-8H,9H2,1-2H3,(H,18,19). The third-order valence-electron chi connectivity index (χ3n) is 2.95. The summed E-state index contributed by atoms with van der Waals surface area (Å²) < 4.78 is 5.89. The third kappa shape index (κ3) is 3.36. The number of ether oxygens (including phenoxy) is 1. The van der Waals surface area contributed by atoms with Crippen molar-refractivity contribution in [2.45, 2.75) is 13.5 Å². The molecule has 0 aliphatic rings. The number of aryl methyl sites for hydroxylation is 1. The summed E-state index contributed by atoms with van der Waals surface area (Å²) in [4.78, 5) is 16.3. The third-order valence-corrected chi connectivity index (χ3v) is 3.57. The number of carbonyl (C=O) groups is 1. The van der Waals surface area contributed by atoms with Gasteiger partial charge in [0, 0.05) is 11.8 Å². The molecule has 0 atom stereocenters. The first kappa shape index (κ1) is 14.5. The van der Waals surface area contributed by atoms with E-state index < -0.39 is 0 Å². The maximum Gasteiger partial charge on any atom is 0.251 e. The Bertz CT molecular complexity index is 629. The van der Waals surface area contributed by atoms with Crippen LogP contribution in [-0.2, 0) is 6.54 Å². The van der Waals surface area contributed by atoms with Gasteiger partial charge in [-0.25, -0.2) is 0 Å². The molecule has 0 radical (unpaired) electrons. The molecular weight excluding hydrogens is 320 g/mol. The van der Waals surface area contributed by atoms with Gasteiger partial charge in [-0.2, -0.15) is 0 Å². The molecule has 0 aliphatic carbocycles. The maximum atomic E-state index is 12.1. The molecule has 5 heteroatoms. The fourth-order valence-electron chi connectivity index (χ4n) is 1.78. The van der Waals surface area contributed by atoms with Crippen molar-refractivity contribution in [1.29, 1.82) is 0 Å². The second-order valence-corrected chi connectivity index (χ2v) is 5.15. The lowest BCUT2D eigenvalue weighted by Crippen LogP contribution is -2.23. The van der Waals surface area contributed by atoms with Gasteiger partial charge in [0.15, 0.2) is 0 Å². The van der Waals surface area contributed by atoms with Crippen LogP contribution in [0.5, 0.6) is 5.75 Å². The van der Waals surface area contributed by atoms with Gasteiger partial charge in [-0.15, -0.1) is 0 Å². The zero-order chi connectivity index (χ0) is 14.5. The number of carbonyl (C=O) groups excluding carboxylic acids is 1. The van der Waals surface area contributed by atoms with Gasteiger partial charge in [0.2, 0.25) is 0 Å². The van der Waals surface area contributed by atoms with Gasteiger partial charge in [-0.1, -0.05) is 6.07 Å². The van der Waals surface area contributed by atoms with Gasteiger partial charge >= 0.3 is 0 Å². The van der Waals surface area contributed by atoms with Crippen LogP contribution < -0.4 is 10.1 Å². The summed E-state index contributed by atoms with van der Waals surface area (Å²) in [5.74, 6) is 0.556. The second-order valence-electron chi connectivity index (χ2n) is 4.30. The lowest BCUT2D eigenvalue weighted by Gasteiger charge is -2.08. The van der Waals surface area contributed by atoms with E-state index >= 15 is 0 Å². The first-order chi connectivity index (χ1) is 9.61. The van der Waals surface area contributed by atoms with E-state index in [1.165, 1.54) is 0 Å². The Labute approximate surface area is 126 Å². The van der Waals surface area contributed by atoms with Crippen molar-refractivity contribution in [2.24, 2.45) is 0 Å². The summed E-state index contributed by atoms with van der Waals surface area (Å²) in [7, 11) is 1.59. The van der Waals surface area contributed by atoms with Crippen LogP contribution in [0, 0.1) is 6.92 Å². The molecule has 4 nitrogen and oxygen atoms in total. The summed E-state index contributed by atoms with van der Waals surface area (Å²) in [5, 5.41) is 2.86. The molecular formula is C15H15BrN2O2. The molecule has 1 aromatic heterocycles. The van der Waals surface area contributed by atoms with E-state index in [0.29, 0.717) is 17.9 Å². The van der Waals surface area contributed by atoms with Crippen LogP contribution in [0.2, 0.25) is 0 Å². The minimum atomic E-state index is -0.140. The van der Waals surface area contributed by atoms with Crippen molar-refractivity contribution in [3.8, 4) is 5.75 Å². The van der Waals surface area contributed by atoms with Crippen LogP contribution in [0.4, 0.5) is 0 Å². The number of hydrogen-bond acceptors (Lipinski definition) is 3. The minimum absolute atomic E-state index is 0.140. The van der Waals surface area contributed by atoms with Crippen molar-refractivity contribution < 1.29 is 9.53 Å². The Hall–Kier alpha value is -1.88. The molecule has 0 saturated heterocycles. The molecule has 1 amide bonds. The van der Waals surface area contributed by atoms with Crippen molar-refractivity contribution in [3.05, 3.63) is 57.8 Å². The highest BCUT2D eigenvalue weighted by atomic mass is 79.9. The monoisotopic (exact) mass is 334 g/mol. The van der Waals surface area contributed by atoms with E-state index in [4.69, 9.17) is 4.74 Å². The smallest absolute Gasteiger partial charge is 0.251 e. The van der Waals surface area contributed by atoms with Gasteiger partial charge in [0.05, 0.1) is 23.8 Å². The molecule has 1 heterocycles. The topological polar surface area (TPSA) is 51.2 Å². The predicted octanol–water partition coefficient (Wildman–Crippen LogP) is 3.09. The highest BCUT2D eigenvalue weighted by Crippen LogP contribution is 2.25. The van der Waals surface area contributed by atoms with Crippen molar-refractivity contribution in [2.75, 3.05) is 7.11 Å². The lowest BCUT2D eigenvalue weighted by atomic mass is 10.2. The molecule has 0 spiro atoms. The van der Waals surface area contributed by atoms with Crippen LogP contribution in [0.1, 0.15) is 21.6 Å². The van der Waals surface area contributed by atoms with Gasteiger partial charge in [-0.3, -0.25) is 9.78 Å². The minimum Gasteiger partial charge on any atom is -0.496 e. The summed E-state index contributed by atoms with van der Waals surface area (Å²) in [6.45, 7) is 2.38. The highest BCUT2D eigenvalue weighted by Gasteiger charge is 2.09. The molecule has 2 aromatic rings. The van der Waals surface area contributed by atoms with Gasteiger partial charge in [0.25, 0.3) is 5.91 Å². The number of amides is 1. The number of methoxy groups -OCH3 is 1. The van der Waals surface area contributed by atoms with Gasteiger partial charge < -0.3 is 10.1 Å². The van der Waals surface area contributed by atoms with E-state index in [1.807, 2.05) is 19.1 Å². The quantitative estimate of drug-likeness (QED) is 0.934. The second kappa shape index (κ2) is 6.52. The van der Waals surface area contributed by atoms with Gasteiger partial charge in [0.1, 0.15) is 5.75 Å². The molecule has 1 N–H and O–H groups in total. The number of hydrogen-bond donors (Lipinski definition) is 1. The number of benzene rings is 1. The number of rotatable bonds is 4. The van der Waals surface area contributed by atoms with E-state index in [1.54, 1.807) is 31.5 Å². The molecule has 1 aromatic carbocycles. The number of halogens is 1. The Morgan fingerprint density at radius 3 is 2.85 bits per heavy atom. The maximum absolute atomic E-state index is 12.1. The van der Waals surface area contributed by atoms with Crippen LogP contribution in [-0.4, -0.2) is 18.0 Å². The summed E-state index contributed by atoms with van der Waals surface area (Å²) in [6, 6.07) is 9.06. The van der Waals surface area contributed by atoms with Crippen molar-refractivity contribution >= 4 is 21.8 Å². The first-order valence-electron chi connectivity index (χ1n) is 6.14. The van der Waals surface area contributed by atoms with Crippen molar-refractivity contribution in [3.63, 3.8) is 0 Å². The summed E-state index contributed by atoms with van der Waals surface area (Å²) in [5.41, 5.74) is 2.50. The Balaban J connectivity index is 2.05. The van der Waals surface area contributed by atoms with E-state index in [0.717, 1.165) is 15.7 Å². The van der Waals surface area contributed by atoms with E-state index in [-0.39, 0.29) is 5.91 Å². The van der Waals surface area contributed by atoms with Crippen LogP contribution in [0.15, 0.2) is 41.0 Å². The average Bonchev–Trinajstić information content (AvgIpc) is 2.46. The average molecular weight is 335 g/mol. The first-order valence-corrected chi connectivity index (χ1v) is 6.93. The molecule has 2 rings (SSSR count). The molecule has 104 valence electrons. The molecule has 0 bridgehead atoms. The van der Waals surface area contributed by atoms with Crippen LogP contribution >= 0.6 is 15.9 Å². The Kier molecular flexibility index (Phi) is 4.74. The zero-order valence-corrected chi connectivity index (χ0v) is 12.9. The largest absolute Gasteiger partial charge is 0.496 e. The molecule has 0 saturated carbocycles. The van der Waals surface area contributed by atoms with Crippen molar-refractivity contribution in [1.82, 2.24) is 10.3 Å². The molecule has 0 fully saturated rings. The highest BCUT2D eigenvalue weighted by molar-refractivity contribution is 9.10. The predicted molar refractivity (Wildman–Crippen MR) is 80.8 cm³/mol. The fourth-order valence-corrected chi connectivity index (χ4v) is 2.32. The fraction of sp³-hybridized carbons (Fsp3) is 0.200. The zero-order valence-electron chi connectivity index (χ0n) is 11.3. The number of pyridine rings is 1. The van der Waals surface area contributed by atoms with Crippen LogP contribution in [0.25, 0.3) is 0 Å². The number of nitrogens with one attached hydrogen (secondary N) is 1. The summed E-state index contributed by atoms with van der Waals surface area (Å²) in [6.07, 6.45) is 1.72. The van der Waals surface area contributed by atoms with Crippen LogP contribution in [0.3, 0.4) is 0 Å². The normalized spacial score (nSPS) is 10.2. The Morgan fingerprint density at radius 1 is 1.40 bits per heavy atom. The summed E-state index contributed by atoms with van der Waals surface area (Å²) >= 11 is 3.37. The lowest BCUT2D eigenvalue weighted by molar-refractivity contribution is 0.0950. The van der Waals surface area contributed by atoms with Gasteiger partial charge in [-0.05, 0) is 52.7 Å². The number of nitrogens with zero attached hydrogens (tertiary/aromatic N) is 1. The number of aromatic nitrogens is 1. The Morgan fingerprint density at radius 2 is 2.20 bits per heavy atom. The van der Waals surface area contributed by atoms with E-state index in [2.05, 4.69) is 26.2 Å². The SMILES string of the molecule is COc1ccc(C(=O)NCc2ncccc2C)cc1Br. The molecule has 0 unspecified atom stereocenters. The molecule has 0 aliphatic heterocycles.